The highest BCUT2D eigenvalue weighted by Crippen LogP contribution is 2.36. The number of carbonyl (C=O) groups excluding carboxylic acids is 2. The van der Waals surface area contributed by atoms with E-state index in [1.807, 2.05) is 36.5 Å². The molecule has 2 amide bonds. The van der Waals surface area contributed by atoms with E-state index >= 15 is 0 Å². The first kappa shape index (κ1) is 18.1. The highest BCUT2D eigenvalue weighted by molar-refractivity contribution is 8.18. The number of benzene rings is 1. The van der Waals surface area contributed by atoms with Gasteiger partial charge in [0.1, 0.15) is 0 Å². The predicted molar refractivity (Wildman–Crippen MR) is 111 cm³/mol. The van der Waals surface area contributed by atoms with Crippen LogP contribution in [-0.4, -0.2) is 27.2 Å². The second-order valence-electron chi connectivity index (χ2n) is 7.34. The molecular formula is C22H24N2O2S. The van der Waals surface area contributed by atoms with Crippen LogP contribution in [0.15, 0.2) is 48.0 Å². The molecule has 0 unspecified atom stereocenters. The van der Waals surface area contributed by atoms with Crippen molar-refractivity contribution < 1.29 is 9.59 Å². The molecule has 0 bridgehead atoms. The lowest BCUT2D eigenvalue weighted by Gasteiger charge is -2.25. The highest BCUT2D eigenvalue weighted by atomic mass is 32.2. The largest absolute Gasteiger partial charge is 0.343 e. The minimum atomic E-state index is -0.142. The Kier molecular flexibility index (Phi) is 5.21. The molecule has 4 nitrogen and oxygen atoms in total. The van der Waals surface area contributed by atoms with Gasteiger partial charge in [-0.25, -0.2) is 0 Å². The Balaban J connectivity index is 1.61. The minimum absolute atomic E-state index is 0.133. The fourth-order valence-corrected chi connectivity index (χ4v) is 4.95. The van der Waals surface area contributed by atoms with Crippen molar-refractivity contribution in [1.29, 1.82) is 0 Å². The molecule has 2 heterocycles. The number of imide groups is 1. The highest BCUT2D eigenvalue weighted by Gasteiger charge is 2.36. The standard InChI is InChI=1S/C22H24N2O2S/c1-2-12-23-15-17(18-10-6-7-11-19(18)23)13-20-21(25)24(22(26)27-20)14-16-8-4-3-5-9-16/h2,6-7,10-11,13,15-16H,1,3-5,8-9,12,14H2/b20-13+. The van der Waals surface area contributed by atoms with Crippen LogP contribution >= 0.6 is 11.8 Å². The van der Waals surface area contributed by atoms with Crippen LogP contribution in [-0.2, 0) is 11.3 Å². The van der Waals surface area contributed by atoms with Crippen LogP contribution in [0, 0.1) is 5.92 Å². The van der Waals surface area contributed by atoms with Crippen molar-refractivity contribution in [1.82, 2.24) is 9.47 Å². The quantitative estimate of drug-likeness (QED) is 0.512. The van der Waals surface area contributed by atoms with Gasteiger partial charge in [-0.1, -0.05) is 43.5 Å². The van der Waals surface area contributed by atoms with E-state index in [2.05, 4.69) is 17.2 Å². The zero-order chi connectivity index (χ0) is 18.8. The first-order valence-corrected chi connectivity index (χ1v) is 10.4. The van der Waals surface area contributed by atoms with Gasteiger partial charge in [0.2, 0.25) is 0 Å². The van der Waals surface area contributed by atoms with E-state index < -0.39 is 0 Å². The molecule has 5 heteroatoms. The number of para-hydroxylation sites is 1. The SMILES string of the molecule is C=CCn1cc(/C=C2/SC(=O)N(CC3CCCCC3)C2=O)c2ccccc21. The Labute approximate surface area is 163 Å². The molecule has 2 aromatic rings. The van der Waals surface area contributed by atoms with Crippen molar-refractivity contribution in [2.24, 2.45) is 5.92 Å². The topological polar surface area (TPSA) is 42.3 Å². The van der Waals surface area contributed by atoms with Gasteiger partial charge >= 0.3 is 0 Å². The molecule has 4 rings (SSSR count). The van der Waals surface area contributed by atoms with Gasteiger partial charge in [0.05, 0.1) is 4.91 Å². The Morgan fingerprint density at radius 2 is 1.93 bits per heavy atom. The van der Waals surface area contributed by atoms with Gasteiger partial charge in [-0.05, 0) is 42.7 Å². The summed E-state index contributed by atoms with van der Waals surface area (Å²) in [6.45, 7) is 5.09. The summed E-state index contributed by atoms with van der Waals surface area (Å²) in [7, 11) is 0. The van der Waals surface area contributed by atoms with Crippen LogP contribution in [0.2, 0.25) is 0 Å². The molecule has 1 aliphatic heterocycles. The summed E-state index contributed by atoms with van der Waals surface area (Å²) in [6, 6.07) is 8.11. The Hall–Kier alpha value is -2.27. The molecule has 0 radical (unpaired) electrons. The van der Waals surface area contributed by atoms with E-state index in [1.54, 1.807) is 0 Å². The fourth-order valence-electron chi connectivity index (χ4n) is 4.11. The lowest BCUT2D eigenvalue weighted by Crippen LogP contribution is -2.34. The number of aromatic nitrogens is 1. The van der Waals surface area contributed by atoms with Crippen molar-refractivity contribution in [3.63, 3.8) is 0 Å². The summed E-state index contributed by atoms with van der Waals surface area (Å²) < 4.78 is 2.11. The number of carbonyl (C=O) groups is 2. The predicted octanol–water partition coefficient (Wildman–Crippen LogP) is 5.44. The second-order valence-corrected chi connectivity index (χ2v) is 8.33. The minimum Gasteiger partial charge on any atom is -0.343 e. The summed E-state index contributed by atoms with van der Waals surface area (Å²) in [5, 5.41) is 0.949. The second kappa shape index (κ2) is 7.77. The van der Waals surface area contributed by atoms with Gasteiger partial charge in [-0.15, -0.1) is 6.58 Å². The number of amides is 2. The van der Waals surface area contributed by atoms with E-state index in [-0.39, 0.29) is 11.1 Å². The molecule has 0 atom stereocenters. The zero-order valence-electron chi connectivity index (χ0n) is 15.4. The summed E-state index contributed by atoms with van der Waals surface area (Å²) >= 11 is 1.07. The molecule has 1 aromatic heterocycles. The average Bonchev–Trinajstić information content (AvgIpc) is 3.16. The number of fused-ring (bicyclic) bond motifs is 1. The molecule has 0 spiro atoms. The average molecular weight is 381 g/mol. The smallest absolute Gasteiger partial charge is 0.293 e. The van der Waals surface area contributed by atoms with E-state index in [0.29, 0.717) is 23.9 Å². The fraction of sp³-hybridized carbons (Fsp3) is 0.364. The molecular weight excluding hydrogens is 356 g/mol. The molecule has 140 valence electrons. The van der Waals surface area contributed by atoms with Gasteiger partial charge in [-0.2, -0.15) is 0 Å². The van der Waals surface area contributed by atoms with E-state index in [9.17, 15) is 9.59 Å². The summed E-state index contributed by atoms with van der Waals surface area (Å²) in [5.74, 6) is 0.317. The maximum atomic E-state index is 12.9. The van der Waals surface area contributed by atoms with E-state index in [0.717, 1.165) is 41.1 Å². The van der Waals surface area contributed by atoms with Crippen LogP contribution in [0.5, 0.6) is 0 Å². The van der Waals surface area contributed by atoms with Crippen LogP contribution in [0.25, 0.3) is 17.0 Å². The molecule has 1 saturated heterocycles. The third kappa shape index (κ3) is 3.61. The molecule has 27 heavy (non-hydrogen) atoms. The van der Waals surface area contributed by atoms with Gasteiger partial charge in [0, 0.05) is 35.8 Å². The lowest BCUT2D eigenvalue weighted by atomic mass is 9.89. The third-order valence-corrected chi connectivity index (χ3v) is 6.38. The molecule has 1 aliphatic carbocycles. The molecule has 1 saturated carbocycles. The van der Waals surface area contributed by atoms with Gasteiger partial charge in [0.15, 0.2) is 0 Å². The third-order valence-electron chi connectivity index (χ3n) is 5.47. The van der Waals surface area contributed by atoms with Crippen molar-refractivity contribution in [2.45, 2.75) is 38.6 Å². The maximum Gasteiger partial charge on any atom is 0.293 e. The van der Waals surface area contributed by atoms with Gasteiger partial charge < -0.3 is 4.57 Å². The van der Waals surface area contributed by atoms with Crippen LogP contribution in [0.1, 0.15) is 37.7 Å². The van der Waals surface area contributed by atoms with Crippen molar-refractivity contribution in [3.05, 3.63) is 53.6 Å². The maximum absolute atomic E-state index is 12.9. The Morgan fingerprint density at radius 1 is 1.15 bits per heavy atom. The molecule has 2 fully saturated rings. The van der Waals surface area contributed by atoms with E-state index in [1.165, 1.54) is 24.2 Å². The van der Waals surface area contributed by atoms with Gasteiger partial charge in [0.25, 0.3) is 11.1 Å². The first-order valence-electron chi connectivity index (χ1n) is 9.61. The molecule has 0 N–H and O–H groups in total. The number of thioether (sulfide) groups is 1. The van der Waals surface area contributed by atoms with Crippen molar-refractivity contribution in [2.75, 3.05) is 6.54 Å². The number of allylic oxidation sites excluding steroid dienone is 1. The monoisotopic (exact) mass is 380 g/mol. The number of hydrogen-bond acceptors (Lipinski definition) is 3. The van der Waals surface area contributed by atoms with Gasteiger partial charge in [-0.3, -0.25) is 14.5 Å². The van der Waals surface area contributed by atoms with E-state index in [4.69, 9.17) is 0 Å². The zero-order valence-corrected chi connectivity index (χ0v) is 16.2. The van der Waals surface area contributed by atoms with Crippen LogP contribution < -0.4 is 0 Å². The normalized spacial score (nSPS) is 20.1. The Morgan fingerprint density at radius 3 is 2.70 bits per heavy atom. The number of nitrogens with zero attached hydrogens (tertiary/aromatic N) is 2. The first-order chi connectivity index (χ1) is 13.2. The number of rotatable bonds is 5. The number of hydrogen-bond donors (Lipinski definition) is 0. The van der Waals surface area contributed by atoms with Crippen LogP contribution in [0.4, 0.5) is 4.79 Å². The summed E-state index contributed by atoms with van der Waals surface area (Å²) in [4.78, 5) is 27.3. The molecule has 2 aliphatic rings. The molecule has 1 aromatic carbocycles. The van der Waals surface area contributed by atoms with Crippen molar-refractivity contribution in [3.8, 4) is 0 Å². The summed E-state index contributed by atoms with van der Waals surface area (Å²) in [5.41, 5.74) is 2.07. The van der Waals surface area contributed by atoms with Crippen molar-refractivity contribution >= 4 is 39.9 Å². The lowest BCUT2D eigenvalue weighted by molar-refractivity contribution is -0.123. The summed E-state index contributed by atoms with van der Waals surface area (Å²) in [6.07, 6.45) is 11.7. The Bertz CT molecular complexity index is 922. The van der Waals surface area contributed by atoms with Crippen LogP contribution in [0.3, 0.4) is 0 Å².